The van der Waals surface area contributed by atoms with Gasteiger partial charge >= 0.3 is 16.8 Å². The summed E-state index contributed by atoms with van der Waals surface area (Å²) in [5, 5.41) is 9.03. The number of carbonyl (C=O) groups excluding carboxylic acids is 1. The molecule has 1 N–H and O–H groups in total. The van der Waals surface area contributed by atoms with Crippen molar-refractivity contribution in [3.8, 4) is 22.5 Å². The Balaban J connectivity index is 0.000000560. The van der Waals surface area contributed by atoms with E-state index in [-0.39, 0.29) is 16.8 Å². The molecule has 0 unspecified atom stereocenters. The maximum absolute atomic E-state index is 9.39. The minimum atomic E-state index is -4.94. The van der Waals surface area contributed by atoms with Crippen LogP contribution in [-0.2, 0) is 41.2 Å². The Morgan fingerprint density at radius 3 is 1.40 bits per heavy atom. The van der Waals surface area contributed by atoms with Crippen LogP contribution in [0.1, 0.15) is 24.0 Å². The van der Waals surface area contributed by atoms with Gasteiger partial charge in [0.05, 0.1) is 28.5 Å². The molecule has 0 aliphatic carbocycles. The molecule has 0 spiro atoms. The smallest absolute Gasteiger partial charge is 0.759 e. The monoisotopic (exact) mass is 674 g/mol. The fourth-order valence-corrected chi connectivity index (χ4v) is 4.02. The van der Waals surface area contributed by atoms with Gasteiger partial charge in [-0.1, -0.05) is 78.9 Å². The summed E-state index contributed by atoms with van der Waals surface area (Å²) in [4.78, 5) is 26.2. The first-order valence-corrected chi connectivity index (χ1v) is 14.5. The third-order valence-corrected chi connectivity index (χ3v) is 5.78. The zero-order valence-corrected chi connectivity index (χ0v) is 25.9. The fourth-order valence-electron chi connectivity index (χ4n) is 4.02. The Hall–Kier alpha value is -4.08. The van der Waals surface area contributed by atoms with Gasteiger partial charge in [0.25, 0.3) is 0 Å². The minimum Gasteiger partial charge on any atom is -0.759 e. The first-order chi connectivity index (χ1) is 21.1. The van der Waals surface area contributed by atoms with Gasteiger partial charge < -0.3 is 10.7 Å². The Bertz CT molecular complexity index is 1470. The molecule has 0 fully saturated rings. The molecule has 0 radical (unpaired) electrons. The Kier molecular flexibility index (Phi) is 15.9. The average Bonchev–Trinajstić information content (AvgIpc) is 3.02. The van der Waals surface area contributed by atoms with Crippen molar-refractivity contribution in [3.63, 3.8) is 0 Å². The van der Waals surface area contributed by atoms with Crippen molar-refractivity contribution < 1.29 is 50.5 Å². The summed E-state index contributed by atoms with van der Waals surface area (Å²) >= 11 is 0. The Morgan fingerprint density at radius 2 is 1.02 bits per heavy atom. The van der Waals surface area contributed by atoms with Crippen molar-refractivity contribution in [2.75, 3.05) is 0 Å². The van der Waals surface area contributed by atoms with E-state index in [1.807, 2.05) is 54.7 Å². The molecule has 234 valence electrons. The predicted molar refractivity (Wildman–Crippen MR) is 154 cm³/mol. The number of halogens is 1. The van der Waals surface area contributed by atoms with Gasteiger partial charge in [0.15, 0.2) is 0 Å². The number of carbonyl (C=O) groups is 1. The molecule has 5 rings (SSSR count). The van der Waals surface area contributed by atoms with E-state index in [1.165, 1.54) is 0 Å². The summed E-state index contributed by atoms with van der Waals surface area (Å²) in [6, 6.07) is 39.1. The van der Waals surface area contributed by atoms with Crippen molar-refractivity contribution in [3.05, 3.63) is 144 Å². The fraction of sp³-hybridized carbons (Fsp3) is 0.125. The first kappa shape index (κ1) is 37.1. The number of pyridine rings is 3. The topological polar surface area (TPSA) is 186 Å². The zero-order valence-electron chi connectivity index (χ0n) is 24.1. The molecule has 1 amide bonds. The second kappa shape index (κ2) is 19.3. The van der Waals surface area contributed by atoms with E-state index in [1.54, 1.807) is 0 Å². The number of nitrogens with zero attached hydrogens (tertiary/aromatic N) is 4. The molecule has 0 aliphatic heterocycles. The van der Waals surface area contributed by atoms with Gasteiger partial charge in [-0.15, -0.1) is 10.2 Å². The van der Waals surface area contributed by atoms with Gasteiger partial charge in [0.2, 0.25) is 5.91 Å². The van der Waals surface area contributed by atoms with Crippen LogP contribution in [0.25, 0.3) is 22.5 Å². The number of benzene rings is 2. The largest absolute Gasteiger partial charge is 3.00 e. The van der Waals surface area contributed by atoms with E-state index in [2.05, 4.69) is 76.6 Å². The molecular formula is C32H30ClCoN5O6+. The zero-order chi connectivity index (χ0) is 31.8. The number of amides is 1. The van der Waals surface area contributed by atoms with Crippen LogP contribution in [0, 0.1) is 15.5 Å². The standard InChI is InChI=1S/C30H26N4.C2H4NO2.ClHO4.Co/c1-3-11-24(12-4-1)29-18-9-16-27(32-29)22-34(21-26-15-7-8-20-31-26)23-28-17-10-19-30(33-28)25-13-5-2-6-14-25;1-2(4)3-5;2-1(3,4)5;/h1-20H,21-23H2;1H3,(H-,3,4,5);(H,2,3,4,5);/q;-1;;+3/p-1. The Labute approximate surface area is 273 Å². The third kappa shape index (κ3) is 15.0. The molecule has 0 bridgehead atoms. The van der Waals surface area contributed by atoms with Gasteiger partial charge in [-0.25, -0.2) is 18.6 Å². The molecule has 0 atom stereocenters. The van der Waals surface area contributed by atoms with Gasteiger partial charge in [-0.3, -0.25) is 24.6 Å². The molecule has 2 aromatic carbocycles. The number of hydrogen-bond acceptors (Lipinski definition) is 10. The third-order valence-electron chi connectivity index (χ3n) is 5.78. The van der Waals surface area contributed by atoms with E-state index < -0.39 is 16.2 Å². The summed E-state index contributed by atoms with van der Waals surface area (Å²) in [7, 11) is -4.94. The van der Waals surface area contributed by atoms with Crippen LogP contribution in [0.3, 0.4) is 0 Å². The molecule has 3 heterocycles. The molecule has 3 aromatic heterocycles. The summed E-state index contributed by atoms with van der Waals surface area (Å²) in [6.07, 6.45) is 1.84. The van der Waals surface area contributed by atoms with Crippen LogP contribution < -0.4 is 24.1 Å². The van der Waals surface area contributed by atoms with Crippen molar-refractivity contribution in [1.82, 2.24) is 25.3 Å². The summed E-state index contributed by atoms with van der Waals surface area (Å²) < 4.78 is 34.0. The number of hydrogen-bond donors (Lipinski definition) is 1. The van der Waals surface area contributed by atoms with Crippen LogP contribution in [0.15, 0.2) is 121 Å². The molecule has 11 nitrogen and oxygen atoms in total. The van der Waals surface area contributed by atoms with Crippen molar-refractivity contribution in [2.24, 2.45) is 0 Å². The molecule has 13 heteroatoms. The first-order valence-electron chi connectivity index (χ1n) is 13.3. The van der Waals surface area contributed by atoms with E-state index >= 15 is 0 Å². The van der Waals surface area contributed by atoms with Crippen LogP contribution in [0.2, 0.25) is 0 Å². The SMILES string of the molecule is CC(=O)N[O-].[Co+3].[O-][Cl+3]([O-])([O-])[O-].c1ccc(-c2cccc(CN(Cc3ccccn3)Cc3cccc(-c4ccccc4)n3)n2)cc1. The van der Waals surface area contributed by atoms with E-state index in [0.29, 0.717) is 13.1 Å². The van der Waals surface area contributed by atoms with Gasteiger partial charge in [-0.05, 0) is 36.4 Å². The van der Waals surface area contributed by atoms with Gasteiger partial charge in [-0.2, -0.15) is 0 Å². The normalized spacial score (nSPS) is 10.4. The molecule has 0 saturated heterocycles. The maximum Gasteiger partial charge on any atom is 3.00 e. The summed E-state index contributed by atoms with van der Waals surface area (Å²) in [5.74, 6) is -0.551. The van der Waals surface area contributed by atoms with Crippen LogP contribution in [0.5, 0.6) is 0 Å². The second-order valence-corrected chi connectivity index (χ2v) is 10.0. The minimum absolute atomic E-state index is 0. The summed E-state index contributed by atoms with van der Waals surface area (Å²) in [5.41, 5.74) is 8.44. The molecule has 0 aliphatic rings. The summed E-state index contributed by atoms with van der Waals surface area (Å²) in [6.45, 7) is 3.28. The Morgan fingerprint density at radius 1 is 0.644 bits per heavy atom. The quantitative estimate of drug-likeness (QED) is 0.235. The van der Waals surface area contributed by atoms with Crippen LogP contribution >= 0.6 is 0 Å². The number of nitrogens with one attached hydrogen (secondary N) is 1. The van der Waals surface area contributed by atoms with Gasteiger partial charge in [0, 0.05) is 43.9 Å². The second-order valence-electron chi connectivity index (χ2n) is 9.26. The van der Waals surface area contributed by atoms with Crippen molar-refractivity contribution in [1.29, 1.82) is 0 Å². The molecule has 5 aromatic rings. The molecular weight excluding hydrogens is 645 g/mol. The molecule has 45 heavy (non-hydrogen) atoms. The van der Waals surface area contributed by atoms with Crippen LogP contribution in [0.4, 0.5) is 0 Å². The number of aromatic nitrogens is 3. The maximum atomic E-state index is 9.39. The predicted octanol–water partition coefficient (Wildman–Crippen LogP) is 1.27. The molecule has 0 saturated carbocycles. The average molecular weight is 675 g/mol. The van der Waals surface area contributed by atoms with E-state index in [0.717, 1.165) is 58.5 Å². The number of rotatable bonds is 8. The van der Waals surface area contributed by atoms with E-state index in [4.69, 9.17) is 33.8 Å². The van der Waals surface area contributed by atoms with Crippen LogP contribution in [-0.4, -0.2) is 25.8 Å². The van der Waals surface area contributed by atoms with Crippen molar-refractivity contribution in [2.45, 2.75) is 26.6 Å². The van der Waals surface area contributed by atoms with Crippen molar-refractivity contribution >= 4 is 5.91 Å². The number of hydroxylamine groups is 1. The van der Waals surface area contributed by atoms with E-state index in [9.17, 15) is 4.79 Å². The van der Waals surface area contributed by atoms with Gasteiger partial charge in [0.1, 0.15) is 0 Å².